The molecule has 1 fully saturated rings. The van der Waals surface area contributed by atoms with Crippen LogP contribution in [0.15, 0.2) is 77.3 Å². The highest BCUT2D eigenvalue weighted by molar-refractivity contribution is 9.10. The Morgan fingerprint density at radius 1 is 1.13 bits per heavy atom. The van der Waals surface area contributed by atoms with Crippen molar-refractivity contribution >= 4 is 47.5 Å². The third-order valence-electron chi connectivity index (χ3n) is 7.92. The zero-order chi connectivity index (χ0) is 27.9. The van der Waals surface area contributed by atoms with E-state index in [1.165, 1.54) is 0 Å². The Morgan fingerprint density at radius 3 is 2.46 bits per heavy atom. The van der Waals surface area contributed by atoms with E-state index in [1.54, 1.807) is 30.1 Å². The second-order valence-electron chi connectivity index (χ2n) is 10.9. The second-order valence-corrected chi connectivity index (χ2v) is 15.6. The fraction of sp³-hybridized carbons (Fsp3) is 0.333. The minimum atomic E-state index is -3.24. The molecule has 39 heavy (non-hydrogen) atoms. The SMILES string of the molecule is C[C@@H]1[C@@H]([Si](C)(C)F)[C@H](CCO)O[C@@]12C(=O)N(Cc1ccc(NC(=O)c3ccccc3)cc1)c1ccc(Br)cc12. The number of nitrogens with zero attached hydrogens (tertiary/aromatic N) is 1. The quantitative estimate of drug-likeness (QED) is 0.239. The number of benzene rings is 3. The second kappa shape index (κ2) is 10.6. The topological polar surface area (TPSA) is 78.9 Å². The van der Waals surface area contributed by atoms with Gasteiger partial charge in [0.2, 0.25) is 8.41 Å². The summed E-state index contributed by atoms with van der Waals surface area (Å²) < 4.78 is 23.0. The van der Waals surface area contributed by atoms with Crippen LogP contribution in [0.3, 0.4) is 0 Å². The van der Waals surface area contributed by atoms with Gasteiger partial charge in [-0.3, -0.25) is 9.59 Å². The van der Waals surface area contributed by atoms with Crippen molar-refractivity contribution in [1.82, 2.24) is 0 Å². The smallest absolute Gasteiger partial charge is 0.264 e. The van der Waals surface area contributed by atoms with Gasteiger partial charge < -0.3 is 24.2 Å². The average molecular weight is 612 g/mol. The summed E-state index contributed by atoms with van der Waals surface area (Å²) >= 11 is 3.54. The van der Waals surface area contributed by atoms with Crippen LogP contribution in [0.25, 0.3) is 0 Å². The summed E-state index contributed by atoms with van der Waals surface area (Å²) in [5.74, 6) is -0.812. The number of anilines is 2. The van der Waals surface area contributed by atoms with Gasteiger partial charge in [-0.2, -0.15) is 0 Å². The van der Waals surface area contributed by atoms with E-state index in [2.05, 4.69) is 21.2 Å². The number of carbonyl (C=O) groups excluding carboxylic acids is 2. The first-order valence-electron chi connectivity index (χ1n) is 13.1. The third-order valence-corrected chi connectivity index (χ3v) is 10.9. The molecule has 3 aromatic rings. The van der Waals surface area contributed by atoms with Gasteiger partial charge in [-0.25, -0.2) is 0 Å². The van der Waals surface area contributed by atoms with Crippen molar-refractivity contribution in [1.29, 1.82) is 0 Å². The van der Waals surface area contributed by atoms with E-state index in [4.69, 9.17) is 4.74 Å². The Labute approximate surface area is 237 Å². The number of rotatable bonds is 7. The monoisotopic (exact) mass is 610 g/mol. The average Bonchev–Trinajstić information content (AvgIpc) is 3.32. The first kappa shape index (κ1) is 27.7. The third kappa shape index (κ3) is 4.97. The van der Waals surface area contributed by atoms with Crippen LogP contribution in [0.2, 0.25) is 18.6 Å². The molecule has 1 spiro atoms. The summed E-state index contributed by atoms with van der Waals surface area (Å²) in [4.78, 5) is 28.5. The molecule has 1 saturated heterocycles. The number of ether oxygens (including phenoxy) is 1. The van der Waals surface area contributed by atoms with Crippen molar-refractivity contribution in [2.45, 2.75) is 50.2 Å². The van der Waals surface area contributed by atoms with E-state index in [9.17, 15) is 14.7 Å². The first-order chi connectivity index (χ1) is 18.6. The largest absolute Gasteiger partial charge is 0.396 e. The molecule has 4 atom stereocenters. The maximum Gasteiger partial charge on any atom is 0.264 e. The van der Waals surface area contributed by atoms with Crippen molar-refractivity contribution in [2.75, 3.05) is 16.8 Å². The summed E-state index contributed by atoms with van der Waals surface area (Å²) in [7, 11) is -3.24. The lowest BCUT2D eigenvalue weighted by Crippen LogP contribution is -2.45. The lowest BCUT2D eigenvalue weighted by molar-refractivity contribution is -0.146. The van der Waals surface area contributed by atoms with Crippen molar-refractivity contribution < 1.29 is 23.5 Å². The summed E-state index contributed by atoms with van der Waals surface area (Å²) in [6.45, 7) is 5.37. The molecule has 5 rings (SSSR count). The predicted octanol–water partition coefficient (Wildman–Crippen LogP) is 6.41. The standard InChI is InChI=1S/C30H32BrFN2O4Si/c1-19-27(39(2,3)32)26(15-16-35)38-30(19)24-17-22(31)11-14-25(24)34(29(30)37)18-20-9-12-23(13-10-20)33-28(36)21-7-5-4-6-8-21/h4-14,17,19,26-27,35H,15-16,18H2,1-3H3,(H,33,36)/t19-,26+,27-,30+/m1/s1. The molecule has 2 amide bonds. The number of hydrogen-bond acceptors (Lipinski definition) is 4. The van der Waals surface area contributed by atoms with Crippen molar-refractivity contribution in [2.24, 2.45) is 5.92 Å². The molecule has 0 bridgehead atoms. The Hall–Kier alpha value is -2.85. The Bertz CT molecular complexity index is 1380. The van der Waals surface area contributed by atoms with E-state index in [-0.39, 0.29) is 24.8 Å². The van der Waals surface area contributed by atoms with Gasteiger partial charge in [0, 0.05) is 39.4 Å². The molecule has 204 valence electrons. The van der Waals surface area contributed by atoms with Gasteiger partial charge in [0.15, 0.2) is 5.60 Å². The summed E-state index contributed by atoms with van der Waals surface area (Å²) in [6.07, 6.45) is -0.260. The molecule has 2 heterocycles. The number of aliphatic hydroxyl groups is 1. The summed E-state index contributed by atoms with van der Waals surface area (Å²) in [6, 6.07) is 22.1. The zero-order valence-electron chi connectivity index (χ0n) is 22.2. The maximum absolute atomic E-state index is 15.6. The molecule has 3 aromatic carbocycles. The fourth-order valence-electron chi connectivity index (χ4n) is 6.24. The van der Waals surface area contributed by atoms with Gasteiger partial charge in [-0.05, 0) is 67.5 Å². The first-order valence-corrected chi connectivity index (χ1v) is 16.9. The van der Waals surface area contributed by atoms with Crippen LogP contribution in [-0.4, -0.2) is 38.0 Å². The van der Waals surface area contributed by atoms with Gasteiger partial charge in [0.1, 0.15) is 0 Å². The number of hydrogen-bond donors (Lipinski definition) is 2. The minimum Gasteiger partial charge on any atom is -0.396 e. The highest BCUT2D eigenvalue weighted by atomic mass is 79.9. The lowest BCUT2D eigenvalue weighted by atomic mass is 9.82. The number of nitrogens with one attached hydrogen (secondary N) is 1. The molecular weight excluding hydrogens is 579 g/mol. The van der Waals surface area contributed by atoms with E-state index in [1.807, 2.05) is 67.6 Å². The van der Waals surface area contributed by atoms with Crippen molar-refractivity contribution in [3.63, 3.8) is 0 Å². The molecule has 0 saturated carbocycles. The molecule has 2 aliphatic rings. The molecule has 9 heteroatoms. The molecular formula is C30H32BrFN2O4Si. The van der Waals surface area contributed by atoms with Crippen LogP contribution in [0.4, 0.5) is 15.5 Å². The number of carbonyl (C=O) groups is 2. The lowest BCUT2D eigenvalue weighted by Gasteiger charge is -2.31. The van der Waals surface area contributed by atoms with Crippen LogP contribution in [0, 0.1) is 5.92 Å². The molecule has 0 unspecified atom stereocenters. The van der Waals surface area contributed by atoms with Crippen LogP contribution in [-0.2, 0) is 21.7 Å². The van der Waals surface area contributed by atoms with E-state index in [0.717, 1.165) is 21.3 Å². The van der Waals surface area contributed by atoms with E-state index in [0.29, 0.717) is 17.8 Å². The number of fused-ring (bicyclic) bond motifs is 2. The van der Waals surface area contributed by atoms with Crippen LogP contribution >= 0.6 is 15.9 Å². The molecule has 6 nitrogen and oxygen atoms in total. The zero-order valence-corrected chi connectivity index (χ0v) is 24.7. The molecule has 0 radical (unpaired) electrons. The van der Waals surface area contributed by atoms with Gasteiger partial charge in [-0.15, -0.1) is 0 Å². The Kier molecular flexibility index (Phi) is 7.54. The van der Waals surface area contributed by atoms with Crippen LogP contribution in [0.5, 0.6) is 0 Å². The highest BCUT2D eigenvalue weighted by Crippen LogP contribution is 2.60. The number of aliphatic hydroxyl groups excluding tert-OH is 1. The van der Waals surface area contributed by atoms with Gasteiger partial charge in [-0.1, -0.05) is 53.2 Å². The molecule has 2 aliphatic heterocycles. The van der Waals surface area contributed by atoms with Gasteiger partial charge in [0.25, 0.3) is 11.8 Å². The van der Waals surface area contributed by atoms with Gasteiger partial charge in [0.05, 0.1) is 18.3 Å². The van der Waals surface area contributed by atoms with E-state index < -0.39 is 31.6 Å². The highest BCUT2D eigenvalue weighted by Gasteiger charge is 2.66. The summed E-state index contributed by atoms with van der Waals surface area (Å²) in [5.41, 5.74) is 1.81. The number of halogens is 2. The van der Waals surface area contributed by atoms with Gasteiger partial charge >= 0.3 is 0 Å². The maximum atomic E-state index is 15.6. The van der Waals surface area contributed by atoms with Crippen molar-refractivity contribution in [3.8, 4) is 0 Å². The van der Waals surface area contributed by atoms with Crippen LogP contribution in [0.1, 0.15) is 34.8 Å². The predicted molar refractivity (Wildman–Crippen MR) is 156 cm³/mol. The normalized spacial score (nSPS) is 24.3. The van der Waals surface area contributed by atoms with Crippen molar-refractivity contribution in [3.05, 3.63) is 94.0 Å². The van der Waals surface area contributed by atoms with Crippen LogP contribution < -0.4 is 10.2 Å². The summed E-state index contributed by atoms with van der Waals surface area (Å²) in [5, 5.41) is 12.6. The minimum absolute atomic E-state index is 0.134. The molecule has 0 aliphatic carbocycles. The fourth-order valence-corrected chi connectivity index (χ4v) is 9.15. The number of amides is 2. The van der Waals surface area contributed by atoms with E-state index >= 15 is 4.11 Å². The molecule has 0 aromatic heterocycles. The molecule has 2 N–H and O–H groups in total. The Morgan fingerprint density at radius 2 is 1.82 bits per heavy atom. The Balaban J connectivity index is 1.43.